The Hall–Kier alpha value is -0.610. The van der Waals surface area contributed by atoms with Crippen molar-refractivity contribution in [2.75, 3.05) is 19.6 Å². The smallest absolute Gasteiger partial charge is 0.0406 e. The van der Waals surface area contributed by atoms with Gasteiger partial charge in [0.2, 0.25) is 0 Å². The molecule has 16 heavy (non-hydrogen) atoms. The summed E-state index contributed by atoms with van der Waals surface area (Å²) < 4.78 is 0. The molecule has 0 bridgehead atoms. The van der Waals surface area contributed by atoms with Gasteiger partial charge in [0.25, 0.3) is 0 Å². The molecule has 1 aromatic carbocycles. The first kappa shape index (κ1) is 11.9. The first-order valence-corrected chi connectivity index (χ1v) is 6.06. The minimum Gasteiger partial charge on any atom is -0.325 e. The molecule has 1 unspecified atom stereocenters. The molecular weight excluding hydrogens is 222 g/mol. The van der Waals surface area contributed by atoms with Crippen LogP contribution in [0.3, 0.4) is 0 Å². The summed E-state index contributed by atoms with van der Waals surface area (Å²) >= 11 is 5.86. The molecule has 1 aliphatic heterocycles. The Labute approximate surface area is 102 Å². The Kier molecular flexibility index (Phi) is 3.82. The number of nitrogens with two attached hydrogens (primary N) is 1. The van der Waals surface area contributed by atoms with Crippen LogP contribution in [0.25, 0.3) is 0 Å². The molecule has 0 saturated carbocycles. The van der Waals surface area contributed by atoms with Crippen LogP contribution in [0.2, 0.25) is 5.02 Å². The molecule has 4 heteroatoms. The van der Waals surface area contributed by atoms with Gasteiger partial charge in [-0.15, -0.1) is 0 Å². The van der Waals surface area contributed by atoms with Crippen molar-refractivity contribution in [1.29, 1.82) is 0 Å². The highest BCUT2D eigenvalue weighted by molar-refractivity contribution is 6.30. The van der Waals surface area contributed by atoms with Gasteiger partial charge in [-0.2, -0.15) is 0 Å². The van der Waals surface area contributed by atoms with Crippen LogP contribution in [0.15, 0.2) is 24.3 Å². The number of benzene rings is 1. The second-order valence-electron chi connectivity index (χ2n) is 4.24. The largest absolute Gasteiger partial charge is 0.325 e. The minimum atomic E-state index is 0.271. The highest BCUT2D eigenvalue weighted by atomic mass is 35.5. The summed E-state index contributed by atoms with van der Waals surface area (Å²) in [4.78, 5) is 0. The van der Waals surface area contributed by atoms with Gasteiger partial charge in [0.1, 0.15) is 0 Å². The van der Waals surface area contributed by atoms with Gasteiger partial charge in [0.15, 0.2) is 0 Å². The van der Waals surface area contributed by atoms with E-state index in [0.29, 0.717) is 0 Å². The average Bonchev–Trinajstić information content (AvgIpc) is 2.62. The lowest BCUT2D eigenvalue weighted by molar-refractivity contribution is 0.0246. The van der Waals surface area contributed by atoms with Crippen molar-refractivity contribution in [1.82, 2.24) is 10.0 Å². The van der Waals surface area contributed by atoms with E-state index < -0.39 is 0 Å². The molecule has 0 amide bonds. The molecular formula is C12H18ClN3. The third-order valence-corrected chi connectivity index (χ3v) is 3.19. The van der Waals surface area contributed by atoms with Crippen LogP contribution in [0.4, 0.5) is 0 Å². The number of nitrogens with zero attached hydrogens (tertiary/aromatic N) is 2. The zero-order valence-electron chi connectivity index (χ0n) is 9.56. The molecule has 1 aromatic rings. The summed E-state index contributed by atoms with van der Waals surface area (Å²) in [5.74, 6) is 0. The van der Waals surface area contributed by atoms with Gasteiger partial charge >= 0.3 is 0 Å². The lowest BCUT2D eigenvalue weighted by Crippen LogP contribution is -2.35. The Balaban J connectivity index is 2.01. The zero-order chi connectivity index (χ0) is 11.5. The van der Waals surface area contributed by atoms with Crippen LogP contribution >= 0.6 is 11.6 Å². The molecule has 1 aliphatic rings. The quantitative estimate of drug-likeness (QED) is 0.872. The van der Waals surface area contributed by atoms with E-state index in [4.69, 9.17) is 17.3 Å². The van der Waals surface area contributed by atoms with Gasteiger partial charge in [-0.1, -0.05) is 30.7 Å². The zero-order valence-corrected chi connectivity index (χ0v) is 10.3. The monoisotopic (exact) mass is 239 g/mol. The maximum Gasteiger partial charge on any atom is 0.0406 e. The van der Waals surface area contributed by atoms with Crippen LogP contribution in [0.1, 0.15) is 12.5 Å². The van der Waals surface area contributed by atoms with Crippen LogP contribution in [-0.2, 0) is 6.54 Å². The van der Waals surface area contributed by atoms with Crippen molar-refractivity contribution < 1.29 is 0 Å². The molecule has 1 atom stereocenters. The van der Waals surface area contributed by atoms with Gasteiger partial charge in [-0.25, -0.2) is 10.0 Å². The lowest BCUT2D eigenvalue weighted by atomic mass is 10.2. The Morgan fingerprint density at radius 1 is 1.25 bits per heavy atom. The molecule has 88 valence electrons. The molecule has 0 aromatic heterocycles. The first-order valence-electron chi connectivity index (χ1n) is 5.69. The number of halogens is 1. The SMILES string of the molecule is CCN1CC(N)CN1Cc1ccc(Cl)cc1. The van der Waals surface area contributed by atoms with Crippen LogP contribution in [0, 0.1) is 0 Å². The van der Waals surface area contributed by atoms with Gasteiger partial charge in [-0.3, -0.25) is 0 Å². The van der Waals surface area contributed by atoms with Gasteiger partial charge < -0.3 is 5.73 Å². The number of hydrazine groups is 1. The van der Waals surface area contributed by atoms with E-state index in [1.165, 1.54) is 5.56 Å². The molecule has 2 rings (SSSR count). The second kappa shape index (κ2) is 5.15. The Morgan fingerprint density at radius 2 is 1.88 bits per heavy atom. The van der Waals surface area contributed by atoms with Crippen LogP contribution in [0.5, 0.6) is 0 Å². The average molecular weight is 240 g/mol. The van der Waals surface area contributed by atoms with E-state index >= 15 is 0 Å². The molecule has 0 aliphatic carbocycles. The minimum absolute atomic E-state index is 0.271. The highest BCUT2D eigenvalue weighted by Crippen LogP contribution is 2.16. The van der Waals surface area contributed by atoms with E-state index in [0.717, 1.165) is 31.2 Å². The van der Waals surface area contributed by atoms with Crippen molar-refractivity contribution in [3.8, 4) is 0 Å². The van der Waals surface area contributed by atoms with E-state index in [2.05, 4.69) is 29.1 Å². The van der Waals surface area contributed by atoms with Gasteiger partial charge in [0, 0.05) is 37.2 Å². The Morgan fingerprint density at radius 3 is 2.50 bits per heavy atom. The van der Waals surface area contributed by atoms with Crippen molar-refractivity contribution in [3.05, 3.63) is 34.9 Å². The molecule has 0 radical (unpaired) electrons. The van der Waals surface area contributed by atoms with Crippen molar-refractivity contribution in [3.63, 3.8) is 0 Å². The first-order chi connectivity index (χ1) is 7.69. The molecule has 1 saturated heterocycles. The fourth-order valence-corrected chi connectivity index (χ4v) is 2.25. The maximum absolute atomic E-state index is 5.96. The van der Waals surface area contributed by atoms with Crippen molar-refractivity contribution in [2.24, 2.45) is 5.73 Å². The van der Waals surface area contributed by atoms with E-state index in [1.54, 1.807) is 0 Å². The normalized spacial score (nSPS) is 22.8. The maximum atomic E-state index is 5.96. The van der Waals surface area contributed by atoms with E-state index in [9.17, 15) is 0 Å². The van der Waals surface area contributed by atoms with Crippen LogP contribution in [-0.4, -0.2) is 35.7 Å². The predicted octanol–water partition coefficient (Wildman–Crippen LogP) is 1.72. The number of hydrogen-bond acceptors (Lipinski definition) is 3. The molecule has 2 N–H and O–H groups in total. The summed E-state index contributed by atoms with van der Waals surface area (Å²) in [5, 5.41) is 5.40. The second-order valence-corrected chi connectivity index (χ2v) is 4.68. The fraction of sp³-hybridized carbons (Fsp3) is 0.500. The third kappa shape index (κ3) is 2.74. The van der Waals surface area contributed by atoms with E-state index in [-0.39, 0.29) is 6.04 Å². The molecule has 1 fully saturated rings. The third-order valence-electron chi connectivity index (χ3n) is 2.93. The number of rotatable bonds is 3. The fourth-order valence-electron chi connectivity index (χ4n) is 2.12. The van der Waals surface area contributed by atoms with Crippen molar-refractivity contribution in [2.45, 2.75) is 19.5 Å². The van der Waals surface area contributed by atoms with Crippen LogP contribution < -0.4 is 5.73 Å². The van der Waals surface area contributed by atoms with E-state index in [1.807, 2.05) is 12.1 Å². The molecule has 1 heterocycles. The summed E-state index contributed by atoms with van der Waals surface area (Å²) in [6.07, 6.45) is 0. The molecule has 0 spiro atoms. The topological polar surface area (TPSA) is 32.5 Å². The van der Waals surface area contributed by atoms with Gasteiger partial charge in [-0.05, 0) is 17.7 Å². The highest BCUT2D eigenvalue weighted by Gasteiger charge is 2.26. The standard InChI is InChI=1S/C12H18ClN3/c1-2-15-8-12(14)9-16(15)7-10-3-5-11(13)6-4-10/h3-6,12H,2,7-9,14H2,1H3. The number of likely N-dealkylation sites (N-methyl/N-ethyl adjacent to an activating group) is 1. The Bertz CT molecular complexity index is 339. The summed E-state index contributed by atoms with van der Waals surface area (Å²) in [6.45, 7) is 5.99. The molecule has 3 nitrogen and oxygen atoms in total. The lowest BCUT2D eigenvalue weighted by Gasteiger charge is -2.26. The van der Waals surface area contributed by atoms with Crippen molar-refractivity contribution >= 4 is 11.6 Å². The summed E-state index contributed by atoms with van der Waals surface area (Å²) in [7, 11) is 0. The summed E-state index contributed by atoms with van der Waals surface area (Å²) in [5.41, 5.74) is 7.24. The predicted molar refractivity (Wildman–Crippen MR) is 67.1 cm³/mol. The summed E-state index contributed by atoms with van der Waals surface area (Å²) in [6, 6.07) is 8.28. The number of hydrogen-bond donors (Lipinski definition) is 1. The van der Waals surface area contributed by atoms with Gasteiger partial charge in [0.05, 0.1) is 0 Å².